The van der Waals surface area contributed by atoms with E-state index in [1.165, 1.54) is 0 Å². The van der Waals surface area contributed by atoms with Crippen molar-refractivity contribution < 1.29 is 9.59 Å². The van der Waals surface area contributed by atoms with Gasteiger partial charge in [-0.25, -0.2) is 0 Å². The Morgan fingerprint density at radius 3 is 2.67 bits per heavy atom. The summed E-state index contributed by atoms with van der Waals surface area (Å²) >= 11 is 0. The summed E-state index contributed by atoms with van der Waals surface area (Å²) in [6.07, 6.45) is 3.86. The third-order valence-corrected chi connectivity index (χ3v) is 2.76. The number of amides is 2. The number of nitrogens with two attached hydrogens (primary N) is 2. The molecule has 0 spiro atoms. The zero-order valence-corrected chi connectivity index (χ0v) is 8.87. The molecule has 5 N–H and O–H groups in total. The molecule has 1 aliphatic carbocycles. The second-order valence-corrected chi connectivity index (χ2v) is 4.13. The zero-order valence-electron chi connectivity index (χ0n) is 8.87. The summed E-state index contributed by atoms with van der Waals surface area (Å²) in [6.45, 7) is 0.333. The molecule has 0 aromatic carbocycles. The molecule has 2 amide bonds. The van der Waals surface area contributed by atoms with Crippen LogP contribution in [0.15, 0.2) is 0 Å². The Kier molecular flexibility index (Phi) is 4.55. The van der Waals surface area contributed by atoms with Gasteiger partial charge in [-0.2, -0.15) is 0 Å². The molecule has 0 aromatic heterocycles. The number of hydrogen-bond acceptors (Lipinski definition) is 3. The minimum atomic E-state index is -0.393. The van der Waals surface area contributed by atoms with Crippen LogP contribution in [0.25, 0.3) is 0 Å². The highest BCUT2D eigenvalue weighted by Crippen LogP contribution is 2.22. The summed E-state index contributed by atoms with van der Waals surface area (Å²) in [4.78, 5) is 22.1. The molecule has 1 aliphatic rings. The molecule has 2 atom stereocenters. The monoisotopic (exact) mass is 213 g/mol. The Hall–Kier alpha value is -1.10. The average Bonchev–Trinajstić information content (AvgIpc) is 2.17. The van der Waals surface area contributed by atoms with E-state index in [4.69, 9.17) is 11.5 Å². The van der Waals surface area contributed by atoms with Crippen molar-refractivity contribution >= 4 is 11.8 Å². The Morgan fingerprint density at radius 1 is 1.33 bits per heavy atom. The van der Waals surface area contributed by atoms with Gasteiger partial charge in [-0.3, -0.25) is 9.59 Å². The first kappa shape index (κ1) is 12.0. The van der Waals surface area contributed by atoms with E-state index in [2.05, 4.69) is 5.32 Å². The summed E-state index contributed by atoms with van der Waals surface area (Å²) in [5, 5.41) is 2.71. The molecular weight excluding hydrogens is 194 g/mol. The summed E-state index contributed by atoms with van der Waals surface area (Å²) in [5.74, 6) is -0.372. The van der Waals surface area contributed by atoms with E-state index in [1.807, 2.05) is 0 Å². The van der Waals surface area contributed by atoms with Gasteiger partial charge in [-0.1, -0.05) is 6.42 Å². The Morgan fingerprint density at radius 2 is 2.07 bits per heavy atom. The molecule has 1 rings (SSSR count). The molecule has 0 radical (unpaired) electrons. The molecular formula is C10H19N3O2. The van der Waals surface area contributed by atoms with E-state index in [9.17, 15) is 9.59 Å². The highest BCUT2D eigenvalue weighted by atomic mass is 16.2. The van der Waals surface area contributed by atoms with Crippen molar-refractivity contribution in [2.45, 2.75) is 38.1 Å². The van der Waals surface area contributed by atoms with Gasteiger partial charge in [0.1, 0.15) is 0 Å². The number of primary amides is 1. The van der Waals surface area contributed by atoms with Crippen molar-refractivity contribution in [1.82, 2.24) is 5.32 Å². The van der Waals surface area contributed by atoms with Gasteiger partial charge in [0.25, 0.3) is 0 Å². The fraction of sp³-hybridized carbons (Fsp3) is 0.800. The molecule has 86 valence electrons. The molecule has 0 aromatic rings. The van der Waals surface area contributed by atoms with E-state index in [-0.39, 0.29) is 24.3 Å². The van der Waals surface area contributed by atoms with Crippen LogP contribution in [0, 0.1) is 5.92 Å². The van der Waals surface area contributed by atoms with E-state index in [1.54, 1.807) is 0 Å². The molecule has 5 heteroatoms. The van der Waals surface area contributed by atoms with Crippen molar-refractivity contribution in [3.8, 4) is 0 Å². The SMILES string of the molecule is NC(=O)CCNC(=O)C1CCCC(N)C1. The lowest BCUT2D eigenvalue weighted by Crippen LogP contribution is -2.38. The number of hydrogen-bond donors (Lipinski definition) is 3. The number of carbonyl (C=O) groups is 2. The first-order valence-electron chi connectivity index (χ1n) is 5.41. The van der Waals surface area contributed by atoms with Crippen LogP contribution in [0.3, 0.4) is 0 Å². The van der Waals surface area contributed by atoms with Gasteiger partial charge in [0.2, 0.25) is 11.8 Å². The van der Waals surface area contributed by atoms with Crippen LogP contribution in [0.4, 0.5) is 0 Å². The molecule has 15 heavy (non-hydrogen) atoms. The number of rotatable bonds is 4. The Labute approximate surface area is 89.6 Å². The minimum Gasteiger partial charge on any atom is -0.370 e. The molecule has 0 aliphatic heterocycles. The van der Waals surface area contributed by atoms with Gasteiger partial charge in [0.15, 0.2) is 0 Å². The van der Waals surface area contributed by atoms with E-state index in [0.29, 0.717) is 6.54 Å². The second kappa shape index (κ2) is 5.70. The molecule has 1 fully saturated rings. The van der Waals surface area contributed by atoms with Gasteiger partial charge in [0, 0.05) is 24.9 Å². The topological polar surface area (TPSA) is 98.2 Å². The fourth-order valence-corrected chi connectivity index (χ4v) is 1.92. The minimum absolute atomic E-state index is 0.00593. The van der Waals surface area contributed by atoms with Crippen LogP contribution in [0.5, 0.6) is 0 Å². The maximum absolute atomic E-state index is 11.6. The van der Waals surface area contributed by atoms with Gasteiger partial charge >= 0.3 is 0 Å². The number of carbonyl (C=O) groups excluding carboxylic acids is 2. The van der Waals surface area contributed by atoms with Crippen LogP contribution in [0.2, 0.25) is 0 Å². The maximum Gasteiger partial charge on any atom is 0.223 e. The summed E-state index contributed by atoms with van der Waals surface area (Å²) in [7, 11) is 0. The summed E-state index contributed by atoms with van der Waals surface area (Å²) in [5.41, 5.74) is 10.8. The lowest BCUT2D eigenvalue weighted by atomic mass is 9.85. The van der Waals surface area contributed by atoms with Crippen LogP contribution < -0.4 is 16.8 Å². The maximum atomic E-state index is 11.6. The third-order valence-electron chi connectivity index (χ3n) is 2.76. The standard InChI is InChI=1S/C10H19N3O2/c11-8-3-1-2-7(6-8)10(15)13-5-4-9(12)14/h7-8H,1-6,11H2,(H2,12,14)(H,13,15). The smallest absolute Gasteiger partial charge is 0.223 e. The van der Waals surface area contributed by atoms with Gasteiger partial charge in [0.05, 0.1) is 0 Å². The summed E-state index contributed by atoms with van der Waals surface area (Å²) in [6, 6.07) is 0.144. The Balaban J connectivity index is 2.24. The van der Waals surface area contributed by atoms with Gasteiger partial charge in [-0.05, 0) is 19.3 Å². The molecule has 0 heterocycles. The van der Waals surface area contributed by atoms with Crippen molar-refractivity contribution in [1.29, 1.82) is 0 Å². The van der Waals surface area contributed by atoms with Crippen molar-refractivity contribution in [2.75, 3.05) is 6.54 Å². The van der Waals surface area contributed by atoms with Crippen LogP contribution in [0.1, 0.15) is 32.1 Å². The van der Waals surface area contributed by atoms with Crippen molar-refractivity contribution in [2.24, 2.45) is 17.4 Å². The first-order valence-corrected chi connectivity index (χ1v) is 5.41. The highest BCUT2D eigenvalue weighted by Gasteiger charge is 2.24. The van der Waals surface area contributed by atoms with Crippen LogP contribution in [-0.2, 0) is 9.59 Å². The van der Waals surface area contributed by atoms with Crippen molar-refractivity contribution in [3.05, 3.63) is 0 Å². The zero-order chi connectivity index (χ0) is 11.3. The first-order chi connectivity index (χ1) is 7.09. The van der Waals surface area contributed by atoms with Gasteiger partial charge in [-0.15, -0.1) is 0 Å². The largest absolute Gasteiger partial charge is 0.370 e. The molecule has 1 saturated carbocycles. The predicted octanol–water partition coefficient (Wildman–Crippen LogP) is -0.504. The number of nitrogens with one attached hydrogen (secondary N) is 1. The average molecular weight is 213 g/mol. The predicted molar refractivity (Wildman–Crippen MR) is 56.8 cm³/mol. The molecule has 0 saturated heterocycles. The summed E-state index contributed by atoms with van der Waals surface area (Å²) < 4.78 is 0. The molecule has 2 unspecified atom stereocenters. The lowest BCUT2D eigenvalue weighted by Gasteiger charge is -2.25. The molecule has 5 nitrogen and oxygen atoms in total. The van der Waals surface area contributed by atoms with Crippen molar-refractivity contribution in [3.63, 3.8) is 0 Å². The van der Waals surface area contributed by atoms with Crippen LogP contribution >= 0.6 is 0 Å². The lowest BCUT2D eigenvalue weighted by molar-refractivity contribution is -0.126. The quantitative estimate of drug-likeness (QED) is 0.587. The molecule has 0 bridgehead atoms. The van der Waals surface area contributed by atoms with E-state index < -0.39 is 5.91 Å². The third kappa shape index (κ3) is 4.29. The van der Waals surface area contributed by atoms with E-state index in [0.717, 1.165) is 25.7 Å². The van der Waals surface area contributed by atoms with Crippen LogP contribution in [-0.4, -0.2) is 24.4 Å². The highest BCUT2D eigenvalue weighted by molar-refractivity contribution is 5.80. The van der Waals surface area contributed by atoms with E-state index >= 15 is 0 Å². The fourth-order valence-electron chi connectivity index (χ4n) is 1.92. The normalized spacial score (nSPS) is 25.9. The Bertz CT molecular complexity index is 243. The van der Waals surface area contributed by atoms with Gasteiger partial charge < -0.3 is 16.8 Å². The second-order valence-electron chi connectivity index (χ2n) is 4.13.